The van der Waals surface area contributed by atoms with Gasteiger partial charge in [0.25, 0.3) is 0 Å². The molecule has 426 valence electrons. The van der Waals surface area contributed by atoms with Crippen molar-refractivity contribution in [1.29, 1.82) is 0 Å². The highest BCUT2D eigenvalue weighted by molar-refractivity contribution is 7.90. The van der Waals surface area contributed by atoms with E-state index in [0.717, 1.165) is 6.26 Å². The molecule has 20 atom stereocenters. The van der Waals surface area contributed by atoms with Gasteiger partial charge in [-0.15, -0.1) is 0 Å². The van der Waals surface area contributed by atoms with Crippen molar-refractivity contribution in [3.05, 3.63) is 29.8 Å². The highest BCUT2D eigenvalue weighted by Gasteiger charge is 2.54. The number of methoxy groups -OCH3 is 3. The normalized spacial score (nSPS) is 39.5. The van der Waals surface area contributed by atoms with Crippen LogP contribution in [0.3, 0.4) is 0 Å². The molecular weight excluding hydrogens is 990 g/mol. The van der Waals surface area contributed by atoms with Gasteiger partial charge in [-0.05, 0) is 85.5 Å². The SMILES string of the molecule is CC[C@H]1OC(=O)[C@H](C)[C@@H](OC2CC(C)(OC)[C@@H](O)[C@H](C)O2)[C@H](C)[C@@H](O[C@@H]2O[C@H](C)C[C@H](N(C)CCC(=O)N[C@H](CF)[C@H](OC)c3ccc(S(C)(=O)=O)cc3)[C@H]2O)C(C)(OC)C[C@@H](C)/C(=N/OC)[C@H](C)[C@@H](O)C1(C)O. The number of ether oxygens (including phenoxy) is 8. The van der Waals surface area contributed by atoms with Gasteiger partial charge in [-0.1, -0.05) is 45.0 Å². The van der Waals surface area contributed by atoms with Crippen LogP contribution in [-0.4, -0.2) is 197 Å². The van der Waals surface area contributed by atoms with E-state index in [1.165, 1.54) is 59.6 Å². The molecule has 20 nitrogen and oxygen atoms in total. The summed E-state index contributed by atoms with van der Waals surface area (Å²) in [4.78, 5) is 35.3. The van der Waals surface area contributed by atoms with E-state index in [4.69, 9.17) is 42.7 Å². The van der Waals surface area contributed by atoms with Crippen molar-refractivity contribution in [1.82, 2.24) is 10.2 Å². The van der Waals surface area contributed by atoms with Crippen molar-refractivity contribution in [3.8, 4) is 0 Å². The number of sulfone groups is 1. The maximum Gasteiger partial charge on any atom is 0.311 e. The molecule has 1 aromatic carbocycles. The van der Waals surface area contributed by atoms with E-state index >= 15 is 0 Å². The zero-order valence-electron chi connectivity index (χ0n) is 46.4. The first-order valence-corrected chi connectivity index (χ1v) is 27.6. The minimum atomic E-state index is -3.48. The minimum Gasteiger partial charge on any atom is -0.459 e. The molecule has 1 aromatic rings. The Labute approximate surface area is 438 Å². The number of hydrogen-bond acceptors (Lipinski definition) is 19. The Bertz CT molecular complexity index is 2110. The molecule has 0 aromatic heterocycles. The molecule has 3 heterocycles. The summed E-state index contributed by atoms with van der Waals surface area (Å²) in [5, 5.41) is 54.4. The van der Waals surface area contributed by atoms with Crippen LogP contribution in [0.4, 0.5) is 4.39 Å². The number of nitrogens with one attached hydrogen (secondary N) is 1. The first-order valence-electron chi connectivity index (χ1n) is 25.7. The number of carbonyl (C=O) groups excluding carboxylic acids is 2. The number of cyclic esters (lactones) is 1. The molecule has 3 fully saturated rings. The Kier molecular flexibility index (Phi) is 22.8. The maximum atomic E-state index is 14.6. The molecule has 4 rings (SSSR count). The topological polar surface area (TPSA) is 260 Å². The molecule has 5 N–H and O–H groups in total. The lowest BCUT2D eigenvalue weighted by Gasteiger charge is -2.50. The van der Waals surface area contributed by atoms with Crippen LogP contribution in [0.1, 0.15) is 113 Å². The number of carbonyl (C=O) groups is 2. The van der Waals surface area contributed by atoms with Crippen molar-refractivity contribution in [2.45, 2.75) is 203 Å². The number of nitrogens with zero attached hydrogens (tertiary/aromatic N) is 2. The summed E-state index contributed by atoms with van der Waals surface area (Å²) in [6, 6.07) is 4.10. The van der Waals surface area contributed by atoms with Gasteiger partial charge < -0.3 is 73.4 Å². The lowest BCUT2D eigenvalue weighted by atomic mass is 9.73. The standard InChI is InChI=1S/C52H88FN3O17S/c1-17-38-52(10,62)45(59)30(4)41(55-68-15)28(2)25-51(9,67-14)47(31(5)43(32(6)48(61)71-38)72-40-26-50(8,66-13)46(60)33(7)70-40)73-49-42(58)37(24-29(3)69-49)56(11)23-22-39(57)54-36(27-53)44(65-12)34-18-20-35(21-19-34)74(16,63)64/h18-21,28-33,36-38,40,42-47,49,58-60,62H,17,22-27H2,1-16H3,(H,54,57)/b55-41-/t28-,29-,30+,31+,32-,33+,36-,37+,38-,40?,42-,43+,44-,45-,46+,47-,49+,50?,51?,52?/m1/s1. The molecule has 3 aliphatic heterocycles. The van der Waals surface area contributed by atoms with Gasteiger partial charge >= 0.3 is 5.97 Å². The van der Waals surface area contributed by atoms with Gasteiger partial charge in [0.2, 0.25) is 5.91 Å². The van der Waals surface area contributed by atoms with E-state index in [2.05, 4.69) is 10.5 Å². The van der Waals surface area contributed by atoms with E-state index in [9.17, 15) is 42.8 Å². The number of rotatable bonds is 18. The summed E-state index contributed by atoms with van der Waals surface area (Å²) in [5.41, 5.74) is -3.54. The summed E-state index contributed by atoms with van der Waals surface area (Å²) in [7, 11) is 4.00. The van der Waals surface area contributed by atoms with Gasteiger partial charge in [0.1, 0.15) is 43.8 Å². The van der Waals surface area contributed by atoms with E-state index in [1.54, 1.807) is 41.7 Å². The van der Waals surface area contributed by atoms with Crippen molar-refractivity contribution < 1.29 is 85.6 Å². The first-order chi connectivity index (χ1) is 34.5. The van der Waals surface area contributed by atoms with Gasteiger partial charge in [-0.3, -0.25) is 9.59 Å². The van der Waals surface area contributed by atoms with Crippen molar-refractivity contribution in [2.24, 2.45) is 28.8 Å². The van der Waals surface area contributed by atoms with Crippen LogP contribution in [0.25, 0.3) is 0 Å². The highest BCUT2D eigenvalue weighted by atomic mass is 32.2. The van der Waals surface area contributed by atoms with Crippen LogP contribution < -0.4 is 5.32 Å². The van der Waals surface area contributed by atoms with E-state index in [1.807, 2.05) is 32.6 Å². The maximum absolute atomic E-state index is 14.6. The summed E-state index contributed by atoms with van der Waals surface area (Å²) in [5.74, 6) is -4.52. The zero-order chi connectivity index (χ0) is 55.8. The number of aliphatic hydroxyl groups is 4. The Hall–Kier alpha value is -2.97. The Morgan fingerprint density at radius 2 is 1.55 bits per heavy atom. The summed E-state index contributed by atoms with van der Waals surface area (Å²) in [6.45, 7) is 16.4. The van der Waals surface area contributed by atoms with Crippen LogP contribution in [0.2, 0.25) is 0 Å². The smallest absolute Gasteiger partial charge is 0.311 e. The van der Waals surface area contributed by atoms with Crippen LogP contribution in [0.5, 0.6) is 0 Å². The number of halogens is 1. The fourth-order valence-corrected chi connectivity index (χ4v) is 11.8. The molecule has 74 heavy (non-hydrogen) atoms. The number of esters is 1. The molecule has 1 amide bonds. The monoisotopic (exact) mass is 1080 g/mol. The molecule has 3 aliphatic rings. The average molecular weight is 1080 g/mol. The quantitative estimate of drug-likeness (QED) is 0.103. The molecule has 0 radical (unpaired) electrons. The third-order valence-electron chi connectivity index (χ3n) is 15.9. The third-order valence-corrected chi connectivity index (χ3v) is 17.0. The molecule has 22 heteroatoms. The van der Waals surface area contributed by atoms with Crippen molar-refractivity contribution >= 4 is 27.4 Å². The van der Waals surface area contributed by atoms with Crippen LogP contribution in [0.15, 0.2) is 34.3 Å². The number of alkyl halides is 1. The second-order valence-electron chi connectivity index (χ2n) is 21.5. The number of hydrogen-bond donors (Lipinski definition) is 5. The predicted molar refractivity (Wildman–Crippen MR) is 271 cm³/mol. The molecule has 0 spiro atoms. The second kappa shape index (κ2) is 26.6. The minimum absolute atomic E-state index is 0.0633. The predicted octanol–water partition coefficient (Wildman–Crippen LogP) is 3.88. The Balaban J connectivity index is 1.73. The highest BCUT2D eigenvalue weighted by Crippen LogP contribution is 2.42. The summed E-state index contributed by atoms with van der Waals surface area (Å²) < 4.78 is 89.1. The van der Waals surface area contributed by atoms with Gasteiger partial charge in [0.05, 0.1) is 64.3 Å². The number of likely N-dealkylation sites (N-methyl/N-ethyl adjacent to an activating group) is 1. The molecular formula is C52H88FN3O17S. The fourth-order valence-electron chi connectivity index (χ4n) is 11.2. The van der Waals surface area contributed by atoms with Gasteiger partial charge in [0.15, 0.2) is 22.4 Å². The lowest BCUT2D eigenvalue weighted by Crippen LogP contribution is -2.61. The average Bonchev–Trinajstić information content (AvgIpc) is 3.35. The van der Waals surface area contributed by atoms with Crippen LogP contribution in [0, 0.1) is 23.7 Å². The summed E-state index contributed by atoms with van der Waals surface area (Å²) >= 11 is 0. The van der Waals surface area contributed by atoms with Crippen molar-refractivity contribution in [2.75, 3.05) is 55.0 Å². The van der Waals surface area contributed by atoms with Crippen LogP contribution in [-0.2, 0) is 62.2 Å². The van der Waals surface area contributed by atoms with E-state index in [0.29, 0.717) is 17.7 Å². The van der Waals surface area contributed by atoms with Crippen LogP contribution >= 0.6 is 0 Å². The lowest BCUT2D eigenvalue weighted by molar-refractivity contribution is -0.319. The second-order valence-corrected chi connectivity index (χ2v) is 23.5. The van der Waals surface area contributed by atoms with E-state index < -0.39 is 148 Å². The molecule has 3 saturated heterocycles. The largest absolute Gasteiger partial charge is 0.459 e. The molecule has 4 unspecified atom stereocenters. The molecule has 0 aliphatic carbocycles. The first kappa shape index (κ1) is 63.6. The van der Waals surface area contributed by atoms with Gasteiger partial charge in [-0.25, -0.2) is 12.8 Å². The molecule has 0 bridgehead atoms. The number of oxime groups is 1. The third kappa shape index (κ3) is 14.8. The number of amides is 1. The van der Waals surface area contributed by atoms with Gasteiger partial charge in [-0.2, -0.15) is 0 Å². The molecule has 0 saturated carbocycles. The van der Waals surface area contributed by atoms with Gasteiger partial charge in [0, 0.05) is 70.8 Å². The summed E-state index contributed by atoms with van der Waals surface area (Å²) in [6.07, 6.45) is -10.1. The zero-order valence-corrected chi connectivity index (χ0v) is 47.2. The van der Waals surface area contributed by atoms with Crippen molar-refractivity contribution in [3.63, 3.8) is 0 Å². The Morgan fingerprint density at radius 1 is 0.932 bits per heavy atom. The Morgan fingerprint density at radius 3 is 2.09 bits per heavy atom. The number of aliphatic hydroxyl groups excluding tert-OH is 3. The number of benzene rings is 1. The fraction of sp³-hybridized carbons (Fsp3) is 0.827. The van der Waals surface area contributed by atoms with E-state index in [-0.39, 0.29) is 37.1 Å².